The molecule has 0 unspecified atom stereocenters. The van der Waals surface area contributed by atoms with Crippen LogP contribution in [0.2, 0.25) is 0 Å². The van der Waals surface area contributed by atoms with Gasteiger partial charge >= 0.3 is 0 Å². The first kappa shape index (κ1) is 19.1. The third kappa shape index (κ3) is 4.89. The van der Waals surface area contributed by atoms with E-state index in [4.69, 9.17) is 0 Å². The zero-order valence-electron chi connectivity index (χ0n) is 14.2. The maximum Gasteiger partial charge on any atom is 0.293 e. The Bertz CT molecular complexity index is 950. The van der Waals surface area contributed by atoms with Gasteiger partial charge in [-0.05, 0) is 47.5 Å². The van der Waals surface area contributed by atoms with Crippen LogP contribution < -0.4 is 10.1 Å². The molecule has 1 amide bonds. The topological polar surface area (TPSA) is 105 Å². The Hall–Kier alpha value is -2.20. The Labute approximate surface area is 154 Å². The SMILES string of the molecule is C/C(=N/NC(=O)c1nn(C)c(C)c1Br)c1cccc(NS(C)(=O)=O)c1. The summed E-state index contributed by atoms with van der Waals surface area (Å²) in [5.74, 6) is -0.444. The number of hydrogen-bond donors (Lipinski definition) is 2. The minimum absolute atomic E-state index is 0.240. The number of nitrogens with one attached hydrogen (secondary N) is 2. The molecule has 0 radical (unpaired) electrons. The van der Waals surface area contributed by atoms with Gasteiger partial charge in [0, 0.05) is 12.7 Å². The summed E-state index contributed by atoms with van der Waals surface area (Å²) in [5.41, 5.74) is 5.13. The fourth-order valence-electron chi connectivity index (χ4n) is 2.00. The number of benzene rings is 1. The van der Waals surface area contributed by atoms with Gasteiger partial charge in [0.25, 0.3) is 5.91 Å². The maximum absolute atomic E-state index is 12.2. The Morgan fingerprint density at radius 3 is 2.60 bits per heavy atom. The van der Waals surface area contributed by atoms with Crippen LogP contribution in [0.1, 0.15) is 28.7 Å². The lowest BCUT2D eigenvalue weighted by Gasteiger charge is -2.06. The second-order valence-corrected chi connectivity index (χ2v) is 8.01. The van der Waals surface area contributed by atoms with Crippen LogP contribution in [-0.4, -0.2) is 36.1 Å². The number of sulfonamides is 1. The maximum atomic E-state index is 12.2. The number of carbonyl (C=O) groups is 1. The van der Waals surface area contributed by atoms with Crippen LogP contribution in [0.4, 0.5) is 5.69 Å². The first-order valence-electron chi connectivity index (χ1n) is 7.20. The molecule has 0 spiro atoms. The molecule has 2 aromatic rings. The Kier molecular flexibility index (Phi) is 5.63. The van der Waals surface area contributed by atoms with Crippen molar-refractivity contribution in [1.29, 1.82) is 0 Å². The van der Waals surface area contributed by atoms with E-state index in [0.29, 0.717) is 21.4 Å². The third-order valence-corrected chi connectivity index (χ3v) is 4.94. The molecule has 1 heterocycles. The number of aryl methyl sites for hydroxylation is 1. The first-order chi connectivity index (χ1) is 11.6. The molecule has 0 saturated heterocycles. The fraction of sp³-hybridized carbons (Fsp3) is 0.267. The zero-order chi connectivity index (χ0) is 18.8. The smallest absolute Gasteiger partial charge is 0.284 e. The van der Waals surface area contributed by atoms with E-state index in [1.54, 1.807) is 42.9 Å². The van der Waals surface area contributed by atoms with Crippen LogP contribution in [0.25, 0.3) is 0 Å². The van der Waals surface area contributed by atoms with Crippen molar-refractivity contribution in [3.8, 4) is 0 Å². The summed E-state index contributed by atoms with van der Waals surface area (Å²) in [5, 5.41) is 8.18. The number of carbonyl (C=O) groups excluding carboxylic acids is 1. The predicted molar refractivity (Wildman–Crippen MR) is 100 cm³/mol. The summed E-state index contributed by atoms with van der Waals surface area (Å²) in [7, 11) is -1.62. The van der Waals surface area contributed by atoms with Crippen LogP contribution in [-0.2, 0) is 17.1 Å². The molecule has 1 aromatic carbocycles. The van der Waals surface area contributed by atoms with Gasteiger partial charge in [-0.15, -0.1) is 0 Å². The van der Waals surface area contributed by atoms with E-state index in [-0.39, 0.29) is 5.69 Å². The standard InChI is InChI=1S/C15H18BrN5O3S/c1-9(11-6-5-7-12(8-11)20-25(4,23)24)17-18-15(22)14-13(16)10(2)21(3)19-14/h5-8,20H,1-4H3,(H,18,22)/b17-9-. The predicted octanol–water partition coefficient (Wildman–Crippen LogP) is 2.02. The number of aromatic nitrogens is 2. The summed E-state index contributed by atoms with van der Waals surface area (Å²) in [6, 6.07) is 6.72. The quantitative estimate of drug-likeness (QED) is 0.562. The summed E-state index contributed by atoms with van der Waals surface area (Å²) in [4.78, 5) is 12.2. The van der Waals surface area contributed by atoms with Crippen LogP contribution in [0.3, 0.4) is 0 Å². The minimum atomic E-state index is -3.36. The molecule has 8 nitrogen and oxygen atoms in total. The first-order valence-corrected chi connectivity index (χ1v) is 9.89. The van der Waals surface area contributed by atoms with E-state index >= 15 is 0 Å². The fourth-order valence-corrected chi connectivity index (χ4v) is 3.07. The lowest BCUT2D eigenvalue weighted by atomic mass is 10.1. The molecule has 0 aliphatic carbocycles. The van der Waals surface area contributed by atoms with Gasteiger partial charge in [0.1, 0.15) is 0 Å². The largest absolute Gasteiger partial charge is 0.293 e. The number of hydrazone groups is 1. The normalized spacial score (nSPS) is 12.1. The summed E-state index contributed by atoms with van der Waals surface area (Å²) in [6.07, 6.45) is 1.08. The van der Waals surface area contributed by atoms with E-state index < -0.39 is 15.9 Å². The van der Waals surface area contributed by atoms with Gasteiger partial charge in [0.2, 0.25) is 10.0 Å². The van der Waals surface area contributed by atoms with Crippen LogP contribution >= 0.6 is 15.9 Å². The van der Waals surface area contributed by atoms with Gasteiger partial charge in [-0.1, -0.05) is 12.1 Å². The number of nitrogens with zero attached hydrogens (tertiary/aromatic N) is 3. The molecule has 0 fully saturated rings. The van der Waals surface area contributed by atoms with Gasteiger partial charge in [-0.25, -0.2) is 13.8 Å². The molecule has 1 aromatic heterocycles. The monoisotopic (exact) mass is 427 g/mol. The van der Waals surface area contributed by atoms with Gasteiger partial charge < -0.3 is 0 Å². The molecule has 25 heavy (non-hydrogen) atoms. The molecule has 0 saturated carbocycles. The van der Waals surface area contributed by atoms with Crippen molar-refractivity contribution in [3.05, 3.63) is 45.7 Å². The summed E-state index contributed by atoms with van der Waals surface area (Å²) < 4.78 is 27.2. The highest BCUT2D eigenvalue weighted by Crippen LogP contribution is 2.19. The molecule has 0 atom stereocenters. The number of anilines is 1. The van der Waals surface area contributed by atoms with Crippen LogP contribution in [0.15, 0.2) is 33.8 Å². The van der Waals surface area contributed by atoms with E-state index in [1.165, 1.54) is 0 Å². The van der Waals surface area contributed by atoms with Crippen molar-refractivity contribution < 1.29 is 13.2 Å². The van der Waals surface area contributed by atoms with Crippen molar-refractivity contribution in [3.63, 3.8) is 0 Å². The minimum Gasteiger partial charge on any atom is -0.284 e. The number of amides is 1. The second kappa shape index (κ2) is 7.36. The lowest BCUT2D eigenvalue weighted by Crippen LogP contribution is -2.20. The summed E-state index contributed by atoms with van der Waals surface area (Å²) in [6.45, 7) is 3.54. The van der Waals surface area contributed by atoms with E-state index in [9.17, 15) is 13.2 Å². The number of halogens is 1. The highest BCUT2D eigenvalue weighted by atomic mass is 79.9. The van der Waals surface area contributed by atoms with Crippen molar-refractivity contribution in [2.24, 2.45) is 12.1 Å². The molecule has 0 aliphatic rings. The average Bonchev–Trinajstić information content (AvgIpc) is 2.78. The van der Waals surface area contributed by atoms with Crippen molar-refractivity contribution >= 4 is 43.3 Å². The number of rotatable bonds is 5. The van der Waals surface area contributed by atoms with E-state index in [1.807, 2.05) is 6.92 Å². The van der Waals surface area contributed by atoms with E-state index in [2.05, 4.69) is 36.3 Å². The zero-order valence-corrected chi connectivity index (χ0v) is 16.6. The van der Waals surface area contributed by atoms with Crippen molar-refractivity contribution in [1.82, 2.24) is 15.2 Å². The third-order valence-electron chi connectivity index (χ3n) is 3.38. The molecule has 134 valence electrons. The Balaban J connectivity index is 2.17. The highest BCUT2D eigenvalue weighted by molar-refractivity contribution is 9.10. The molecule has 2 N–H and O–H groups in total. The van der Waals surface area contributed by atoms with E-state index in [0.717, 1.165) is 11.9 Å². The van der Waals surface area contributed by atoms with Gasteiger partial charge in [-0.3, -0.25) is 14.2 Å². The molecular formula is C15H18BrN5O3S. The average molecular weight is 428 g/mol. The Morgan fingerprint density at radius 2 is 2.04 bits per heavy atom. The van der Waals surface area contributed by atoms with Gasteiger partial charge in [0.05, 0.1) is 22.1 Å². The molecule has 0 bridgehead atoms. The Morgan fingerprint density at radius 1 is 1.36 bits per heavy atom. The number of hydrogen-bond acceptors (Lipinski definition) is 5. The van der Waals surface area contributed by atoms with Crippen LogP contribution in [0.5, 0.6) is 0 Å². The molecular weight excluding hydrogens is 410 g/mol. The van der Waals surface area contributed by atoms with Gasteiger partial charge in [0.15, 0.2) is 5.69 Å². The second-order valence-electron chi connectivity index (χ2n) is 5.46. The van der Waals surface area contributed by atoms with Crippen LogP contribution in [0, 0.1) is 6.92 Å². The lowest BCUT2D eigenvalue weighted by molar-refractivity contribution is 0.0948. The molecule has 10 heteroatoms. The van der Waals surface area contributed by atoms with Crippen molar-refractivity contribution in [2.75, 3.05) is 11.0 Å². The molecule has 0 aliphatic heterocycles. The van der Waals surface area contributed by atoms with Crippen molar-refractivity contribution in [2.45, 2.75) is 13.8 Å². The summed E-state index contributed by atoms with van der Waals surface area (Å²) >= 11 is 3.33. The highest BCUT2D eigenvalue weighted by Gasteiger charge is 2.17. The van der Waals surface area contributed by atoms with Gasteiger partial charge in [-0.2, -0.15) is 10.2 Å². The molecule has 2 rings (SSSR count).